The van der Waals surface area contributed by atoms with E-state index in [0.717, 1.165) is 33.9 Å². The number of benzene rings is 3. The highest BCUT2D eigenvalue weighted by molar-refractivity contribution is 5.74. The summed E-state index contributed by atoms with van der Waals surface area (Å²) in [6.45, 7) is 2.02. The maximum absolute atomic E-state index is 6.09. The third-order valence-corrected chi connectivity index (χ3v) is 3.54. The lowest BCUT2D eigenvalue weighted by molar-refractivity contribution is 0.481. The van der Waals surface area contributed by atoms with Crippen molar-refractivity contribution in [2.45, 2.75) is 6.92 Å². The molecule has 0 atom stereocenters. The van der Waals surface area contributed by atoms with Gasteiger partial charge < -0.3 is 16.2 Å². The summed E-state index contributed by atoms with van der Waals surface area (Å²) in [5, 5.41) is 0. The number of para-hydroxylation sites is 1. The first kappa shape index (κ1) is 14.0. The molecule has 0 aliphatic heterocycles. The van der Waals surface area contributed by atoms with Crippen LogP contribution >= 0.6 is 0 Å². The third kappa shape index (κ3) is 2.88. The summed E-state index contributed by atoms with van der Waals surface area (Å²) in [7, 11) is 0. The molecule has 0 bridgehead atoms. The Bertz CT molecular complexity index is 795. The van der Waals surface area contributed by atoms with E-state index >= 15 is 0 Å². The van der Waals surface area contributed by atoms with Gasteiger partial charge in [-0.2, -0.15) is 0 Å². The molecule has 0 amide bonds. The van der Waals surface area contributed by atoms with Crippen LogP contribution in [-0.2, 0) is 0 Å². The van der Waals surface area contributed by atoms with Crippen molar-refractivity contribution in [2.24, 2.45) is 0 Å². The van der Waals surface area contributed by atoms with Crippen molar-refractivity contribution in [3.8, 4) is 22.6 Å². The first-order valence-corrected chi connectivity index (χ1v) is 7.12. The SMILES string of the molecule is Cc1ccccc1Oc1cc(N)ccc1-c1ccc(N)cc1. The summed E-state index contributed by atoms with van der Waals surface area (Å²) in [5.41, 5.74) is 16.2. The molecule has 0 fully saturated rings. The third-order valence-electron chi connectivity index (χ3n) is 3.54. The Balaban J connectivity index is 2.05. The molecule has 0 radical (unpaired) electrons. The molecule has 3 aromatic carbocycles. The lowest BCUT2D eigenvalue weighted by atomic mass is 10.0. The molecule has 3 heteroatoms. The van der Waals surface area contributed by atoms with E-state index in [1.54, 1.807) is 0 Å². The van der Waals surface area contributed by atoms with Crippen molar-refractivity contribution < 1.29 is 4.74 Å². The highest BCUT2D eigenvalue weighted by Gasteiger charge is 2.09. The molecule has 0 saturated carbocycles. The first-order chi connectivity index (χ1) is 10.6. The van der Waals surface area contributed by atoms with E-state index in [4.69, 9.17) is 16.2 Å². The van der Waals surface area contributed by atoms with Crippen molar-refractivity contribution in [1.82, 2.24) is 0 Å². The molecule has 22 heavy (non-hydrogen) atoms. The molecule has 0 spiro atoms. The highest BCUT2D eigenvalue weighted by atomic mass is 16.5. The highest BCUT2D eigenvalue weighted by Crippen LogP contribution is 2.36. The molecule has 0 heterocycles. The van der Waals surface area contributed by atoms with Crippen LogP contribution < -0.4 is 16.2 Å². The van der Waals surface area contributed by atoms with E-state index in [1.165, 1.54) is 0 Å². The van der Waals surface area contributed by atoms with E-state index in [2.05, 4.69) is 0 Å². The van der Waals surface area contributed by atoms with Gasteiger partial charge in [0, 0.05) is 23.0 Å². The van der Waals surface area contributed by atoms with Gasteiger partial charge in [0.05, 0.1) is 0 Å². The molecule has 3 aromatic rings. The van der Waals surface area contributed by atoms with Crippen LogP contribution in [0.15, 0.2) is 66.7 Å². The van der Waals surface area contributed by atoms with Crippen LogP contribution in [0.25, 0.3) is 11.1 Å². The molecule has 3 rings (SSSR count). The van der Waals surface area contributed by atoms with Crippen LogP contribution in [0.5, 0.6) is 11.5 Å². The fraction of sp³-hybridized carbons (Fsp3) is 0.0526. The van der Waals surface area contributed by atoms with Crippen molar-refractivity contribution in [3.63, 3.8) is 0 Å². The molecular weight excluding hydrogens is 272 g/mol. The smallest absolute Gasteiger partial charge is 0.137 e. The molecule has 0 aliphatic rings. The second-order valence-corrected chi connectivity index (χ2v) is 5.25. The molecule has 0 unspecified atom stereocenters. The van der Waals surface area contributed by atoms with Gasteiger partial charge in [0.25, 0.3) is 0 Å². The summed E-state index contributed by atoms with van der Waals surface area (Å²) in [4.78, 5) is 0. The number of hydrogen-bond acceptors (Lipinski definition) is 3. The molecule has 4 N–H and O–H groups in total. The van der Waals surface area contributed by atoms with Gasteiger partial charge in [-0.25, -0.2) is 0 Å². The van der Waals surface area contributed by atoms with E-state index in [9.17, 15) is 0 Å². The van der Waals surface area contributed by atoms with Crippen molar-refractivity contribution >= 4 is 11.4 Å². The molecule has 0 aliphatic carbocycles. The topological polar surface area (TPSA) is 61.3 Å². The molecule has 3 nitrogen and oxygen atoms in total. The van der Waals surface area contributed by atoms with E-state index in [0.29, 0.717) is 5.69 Å². The predicted molar refractivity (Wildman–Crippen MR) is 92.0 cm³/mol. The van der Waals surface area contributed by atoms with Crippen molar-refractivity contribution in [1.29, 1.82) is 0 Å². The zero-order chi connectivity index (χ0) is 15.5. The largest absolute Gasteiger partial charge is 0.456 e. The van der Waals surface area contributed by atoms with Crippen LogP contribution in [-0.4, -0.2) is 0 Å². The van der Waals surface area contributed by atoms with E-state index in [1.807, 2.05) is 73.7 Å². The Hall–Kier alpha value is -2.94. The monoisotopic (exact) mass is 290 g/mol. The minimum absolute atomic E-state index is 0.669. The van der Waals surface area contributed by atoms with Crippen molar-refractivity contribution in [3.05, 3.63) is 72.3 Å². The summed E-state index contributed by atoms with van der Waals surface area (Å²) >= 11 is 0. The fourth-order valence-corrected chi connectivity index (χ4v) is 2.31. The number of aryl methyl sites for hydroxylation is 1. The van der Waals surface area contributed by atoms with Crippen LogP contribution in [0.2, 0.25) is 0 Å². The van der Waals surface area contributed by atoms with Gasteiger partial charge >= 0.3 is 0 Å². The average molecular weight is 290 g/mol. The van der Waals surface area contributed by atoms with Gasteiger partial charge in [-0.1, -0.05) is 30.3 Å². The molecular formula is C19H18N2O. The second kappa shape index (κ2) is 5.82. The van der Waals surface area contributed by atoms with Crippen molar-refractivity contribution in [2.75, 3.05) is 11.5 Å². The Kier molecular flexibility index (Phi) is 3.71. The number of ether oxygens (including phenoxy) is 1. The minimum atomic E-state index is 0.669. The van der Waals surface area contributed by atoms with Gasteiger partial charge in [-0.3, -0.25) is 0 Å². The van der Waals surface area contributed by atoms with Gasteiger partial charge in [0.15, 0.2) is 0 Å². The average Bonchev–Trinajstić information content (AvgIpc) is 2.51. The zero-order valence-electron chi connectivity index (χ0n) is 12.4. The van der Waals surface area contributed by atoms with E-state index in [-0.39, 0.29) is 0 Å². The van der Waals surface area contributed by atoms with Gasteiger partial charge in [0.1, 0.15) is 11.5 Å². The first-order valence-electron chi connectivity index (χ1n) is 7.12. The molecule has 110 valence electrons. The van der Waals surface area contributed by atoms with Crippen LogP contribution in [0.3, 0.4) is 0 Å². The minimum Gasteiger partial charge on any atom is -0.456 e. The number of hydrogen-bond donors (Lipinski definition) is 2. The second-order valence-electron chi connectivity index (χ2n) is 5.25. The van der Waals surface area contributed by atoms with Crippen LogP contribution in [0, 0.1) is 6.92 Å². The maximum atomic E-state index is 6.09. The van der Waals surface area contributed by atoms with Crippen LogP contribution in [0.4, 0.5) is 11.4 Å². The predicted octanol–water partition coefficient (Wildman–Crippen LogP) is 4.62. The normalized spacial score (nSPS) is 10.4. The summed E-state index contributed by atoms with van der Waals surface area (Å²) in [6.07, 6.45) is 0. The lowest BCUT2D eigenvalue weighted by Crippen LogP contribution is -1.93. The van der Waals surface area contributed by atoms with Gasteiger partial charge in [-0.05, 0) is 48.4 Å². The molecule has 0 saturated heterocycles. The Morgan fingerprint density at radius 1 is 0.727 bits per heavy atom. The standard InChI is InChI=1S/C19H18N2O/c1-13-4-2-3-5-18(13)22-19-12-16(21)10-11-17(19)14-6-8-15(20)9-7-14/h2-12H,20-21H2,1H3. The quantitative estimate of drug-likeness (QED) is 0.692. The Morgan fingerprint density at radius 2 is 1.41 bits per heavy atom. The summed E-state index contributed by atoms with van der Waals surface area (Å²) < 4.78 is 6.09. The number of nitrogen functional groups attached to an aromatic ring is 2. The Morgan fingerprint density at radius 3 is 2.14 bits per heavy atom. The van der Waals surface area contributed by atoms with Gasteiger partial charge in [-0.15, -0.1) is 0 Å². The van der Waals surface area contributed by atoms with Crippen LogP contribution in [0.1, 0.15) is 5.56 Å². The zero-order valence-corrected chi connectivity index (χ0v) is 12.4. The maximum Gasteiger partial charge on any atom is 0.137 e. The fourth-order valence-electron chi connectivity index (χ4n) is 2.31. The number of nitrogens with two attached hydrogens (primary N) is 2. The van der Waals surface area contributed by atoms with Gasteiger partial charge in [0.2, 0.25) is 0 Å². The summed E-state index contributed by atoms with van der Waals surface area (Å²) in [6, 6.07) is 21.3. The lowest BCUT2D eigenvalue weighted by Gasteiger charge is -2.14. The Labute approximate surface area is 130 Å². The summed E-state index contributed by atoms with van der Waals surface area (Å²) in [5.74, 6) is 1.56. The van der Waals surface area contributed by atoms with E-state index < -0.39 is 0 Å². The number of anilines is 2. The number of rotatable bonds is 3. The molecule has 0 aromatic heterocycles.